The summed E-state index contributed by atoms with van der Waals surface area (Å²) in [5, 5.41) is 0. The fraction of sp³-hybridized carbons (Fsp3) is 0.562. The quantitative estimate of drug-likeness (QED) is 0.850. The van der Waals surface area contributed by atoms with Crippen LogP contribution in [0.5, 0.6) is 0 Å². The molecule has 0 saturated carbocycles. The molecule has 2 atom stereocenters. The Morgan fingerprint density at radius 1 is 1.38 bits per heavy atom. The molecule has 0 amide bonds. The van der Waals surface area contributed by atoms with Crippen LogP contribution in [-0.4, -0.2) is 21.5 Å². The van der Waals surface area contributed by atoms with Gasteiger partial charge in [0.05, 0.1) is 34.3 Å². The first-order chi connectivity index (χ1) is 9.78. The first kappa shape index (κ1) is 16.2. The van der Waals surface area contributed by atoms with Crippen molar-refractivity contribution in [3.8, 4) is 0 Å². The Labute approximate surface area is 128 Å². The Bertz CT molecular complexity index is 565. The van der Waals surface area contributed by atoms with E-state index in [1.807, 2.05) is 45.0 Å². The Morgan fingerprint density at radius 3 is 2.62 bits per heavy atom. The molecule has 2 rings (SSSR count). The lowest BCUT2D eigenvalue weighted by Crippen LogP contribution is -2.55. The average molecular weight is 309 g/mol. The van der Waals surface area contributed by atoms with Crippen LogP contribution in [0.25, 0.3) is 0 Å². The molecule has 1 N–H and O–H groups in total. The lowest BCUT2D eigenvalue weighted by molar-refractivity contribution is -0.145. The standard InChI is InChI=1S/C16H23NO3S/c1-5-20-14(18)11-16(17-21(19)15(2,3)4)10-12-8-6-7-9-13(12)16/h6-9,17H,5,10-11H2,1-4H3/t16-,21?/m0/s1. The number of carbonyl (C=O) groups is 1. The predicted molar refractivity (Wildman–Crippen MR) is 84.1 cm³/mol. The van der Waals surface area contributed by atoms with Gasteiger partial charge in [0.15, 0.2) is 0 Å². The van der Waals surface area contributed by atoms with Crippen LogP contribution in [0.15, 0.2) is 24.3 Å². The lowest BCUT2D eigenvalue weighted by Gasteiger charge is -2.44. The van der Waals surface area contributed by atoms with Crippen LogP contribution in [0.4, 0.5) is 0 Å². The zero-order valence-corrected chi connectivity index (χ0v) is 13.9. The third-order valence-corrected chi connectivity index (χ3v) is 5.31. The second kappa shape index (κ2) is 5.89. The van der Waals surface area contributed by atoms with Crippen LogP contribution in [-0.2, 0) is 32.5 Å². The smallest absolute Gasteiger partial charge is 0.308 e. The van der Waals surface area contributed by atoms with E-state index in [0.29, 0.717) is 13.0 Å². The van der Waals surface area contributed by atoms with Crippen LogP contribution < -0.4 is 4.72 Å². The minimum Gasteiger partial charge on any atom is -0.466 e. The van der Waals surface area contributed by atoms with Crippen LogP contribution >= 0.6 is 0 Å². The molecule has 0 aromatic heterocycles. The van der Waals surface area contributed by atoms with E-state index in [0.717, 1.165) is 5.56 Å². The van der Waals surface area contributed by atoms with Gasteiger partial charge in [0.25, 0.3) is 0 Å². The molecule has 1 unspecified atom stereocenters. The number of fused-ring (bicyclic) bond motifs is 1. The van der Waals surface area contributed by atoms with E-state index in [1.165, 1.54) is 5.56 Å². The van der Waals surface area contributed by atoms with Gasteiger partial charge in [-0.1, -0.05) is 24.3 Å². The third-order valence-electron chi connectivity index (χ3n) is 3.62. The van der Waals surface area contributed by atoms with Gasteiger partial charge in [0, 0.05) is 0 Å². The summed E-state index contributed by atoms with van der Waals surface area (Å²) in [6, 6.07) is 7.96. The van der Waals surface area contributed by atoms with Crippen LogP contribution in [0.1, 0.15) is 45.2 Å². The van der Waals surface area contributed by atoms with Crippen LogP contribution in [0.3, 0.4) is 0 Å². The lowest BCUT2D eigenvalue weighted by atomic mass is 9.69. The fourth-order valence-electron chi connectivity index (χ4n) is 2.53. The Hall–Kier alpha value is -1.20. The predicted octanol–water partition coefficient (Wildman–Crippen LogP) is 2.44. The number of esters is 1. The summed E-state index contributed by atoms with van der Waals surface area (Å²) in [6.45, 7) is 7.90. The fourth-order valence-corrected chi connectivity index (χ4v) is 3.44. The third kappa shape index (κ3) is 3.35. The summed E-state index contributed by atoms with van der Waals surface area (Å²) in [6.07, 6.45) is 0.906. The van der Waals surface area contributed by atoms with Gasteiger partial charge in [-0.05, 0) is 45.2 Å². The number of rotatable bonds is 5. The zero-order chi connectivity index (χ0) is 15.7. The van der Waals surface area contributed by atoms with Crippen LogP contribution in [0, 0.1) is 0 Å². The van der Waals surface area contributed by atoms with Crippen molar-refractivity contribution in [3.05, 3.63) is 35.4 Å². The molecule has 0 fully saturated rings. The van der Waals surface area contributed by atoms with E-state index < -0.39 is 16.5 Å². The van der Waals surface area contributed by atoms with Gasteiger partial charge in [0.1, 0.15) is 0 Å². The Kier molecular flexibility index (Phi) is 4.54. The molecule has 116 valence electrons. The molecule has 0 heterocycles. The summed E-state index contributed by atoms with van der Waals surface area (Å²) in [4.78, 5) is 11.9. The maximum absolute atomic E-state index is 12.5. The summed E-state index contributed by atoms with van der Waals surface area (Å²) in [5.74, 6) is -0.259. The highest BCUT2D eigenvalue weighted by molar-refractivity contribution is 7.84. The molecule has 0 saturated heterocycles. The monoisotopic (exact) mass is 309 g/mol. The van der Waals surface area contributed by atoms with Gasteiger partial charge < -0.3 is 4.74 Å². The first-order valence-electron chi connectivity index (χ1n) is 7.22. The van der Waals surface area contributed by atoms with Gasteiger partial charge in [-0.3, -0.25) is 4.79 Å². The number of nitrogens with one attached hydrogen (secondary N) is 1. The topological polar surface area (TPSA) is 55.4 Å². The zero-order valence-electron chi connectivity index (χ0n) is 13.1. The van der Waals surface area contributed by atoms with Crippen molar-refractivity contribution >= 4 is 17.0 Å². The van der Waals surface area contributed by atoms with Gasteiger partial charge in [-0.25, -0.2) is 8.93 Å². The van der Waals surface area contributed by atoms with Gasteiger partial charge in [-0.15, -0.1) is 0 Å². The van der Waals surface area contributed by atoms with Crippen molar-refractivity contribution in [1.29, 1.82) is 0 Å². The second-order valence-corrected chi connectivity index (χ2v) is 8.35. The van der Waals surface area contributed by atoms with E-state index >= 15 is 0 Å². The van der Waals surface area contributed by atoms with Crippen molar-refractivity contribution in [2.75, 3.05) is 6.61 Å². The second-order valence-electron chi connectivity index (χ2n) is 6.38. The molecule has 1 aromatic rings. The van der Waals surface area contributed by atoms with Crippen LogP contribution in [0.2, 0.25) is 0 Å². The molecule has 1 aromatic carbocycles. The molecular formula is C16H23NO3S. The van der Waals surface area contributed by atoms with E-state index in [9.17, 15) is 9.00 Å². The number of carbonyl (C=O) groups excluding carboxylic acids is 1. The average Bonchev–Trinajstić information content (AvgIpc) is 2.36. The number of benzene rings is 1. The molecular weight excluding hydrogens is 286 g/mol. The molecule has 1 aliphatic rings. The van der Waals surface area contributed by atoms with Crippen molar-refractivity contribution in [1.82, 2.24) is 4.72 Å². The van der Waals surface area contributed by atoms with Gasteiger partial charge in [0.2, 0.25) is 0 Å². The maximum Gasteiger partial charge on any atom is 0.308 e. The number of hydrogen-bond donors (Lipinski definition) is 1. The first-order valence-corrected chi connectivity index (χ1v) is 8.37. The molecule has 5 heteroatoms. The molecule has 21 heavy (non-hydrogen) atoms. The largest absolute Gasteiger partial charge is 0.466 e. The van der Waals surface area contributed by atoms with E-state index in [-0.39, 0.29) is 17.1 Å². The molecule has 0 radical (unpaired) electrons. The van der Waals surface area contributed by atoms with E-state index in [1.54, 1.807) is 6.92 Å². The SMILES string of the molecule is CCOC(=O)C[C@@]1(NS(=O)C(C)(C)C)Cc2ccccc21. The van der Waals surface area contributed by atoms with Crippen molar-refractivity contribution in [2.45, 2.75) is 50.8 Å². The highest BCUT2D eigenvalue weighted by Gasteiger charge is 2.46. The summed E-state index contributed by atoms with van der Waals surface area (Å²) >= 11 is 0. The molecule has 4 nitrogen and oxygen atoms in total. The van der Waals surface area contributed by atoms with Crippen molar-refractivity contribution in [3.63, 3.8) is 0 Å². The summed E-state index contributed by atoms with van der Waals surface area (Å²) in [5.41, 5.74) is 1.68. The van der Waals surface area contributed by atoms with E-state index in [2.05, 4.69) is 4.72 Å². The maximum atomic E-state index is 12.5. The Balaban J connectivity index is 2.26. The normalized spacial score (nSPS) is 22.1. The minimum atomic E-state index is -1.24. The van der Waals surface area contributed by atoms with Gasteiger partial charge >= 0.3 is 5.97 Å². The van der Waals surface area contributed by atoms with Crippen molar-refractivity contribution in [2.24, 2.45) is 0 Å². The number of ether oxygens (including phenoxy) is 1. The molecule has 0 spiro atoms. The Morgan fingerprint density at radius 2 is 2.05 bits per heavy atom. The molecule has 0 aliphatic heterocycles. The summed E-state index contributed by atoms with van der Waals surface area (Å²) in [7, 11) is -1.24. The van der Waals surface area contributed by atoms with Gasteiger partial charge in [-0.2, -0.15) is 0 Å². The van der Waals surface area contributed by atoms with E-state index in [4.69, 9.17) is 4.74 Å². The highest BCUT2D eigenvalue weighted by Crippen LogP contribution is 2.42. The molecule has 0 bridgehead atoms. The summed E-state index contributed by atoms with van der Waals surface area (Å²) < 4.78 is 20.4. The number of hydrogen-bond acceptors (Lipinski definition) is 3. The minimum absolute atomic E-state index is 0.208. The highest BCUT2D eigenvalue weighted by atomic mass is 32.2. The van der Waals surface area contributed by atoms with Crippen molar-refractivity contribution < 1.29 is 13.7 Å². The molecule has 1 aliphatic carbocycles.